The minimum absolute atomic E-state index is 0.00319. The summed E-state index contributed by atoms with van der Waals surface area (Å²) in [6, 6.07) is 3.64. The molecule has 0 aliphatic carbocycles. The molecule has 0 fully saturated rings. The maximum absolute atomic E-state index is 11.7. The summed E-state index contributed by atoms with van der Waals surface area (Å²) < 4.78 is 0. The SMILES string of the molecule is Cc1ncccc1NC(=O)C(C)CCN. The van der Waals surface area contributed by atoms with Crippen LogP contribution in [0.25, 0.3) is 0 Å². The molecule has 0 radical (unpaired) electrons. The molecule has 1 aromatic rings. The van der Waals surface area contributed by atoms with E-state index in [1.165, 1.54) is 0 Å². The lowest BCUT2D eigenvalue weighted by Gasteiger charge is -2.11. The first-order valence-electron chi connectivity index (χ1n) is 5.07. The topological polar surface area (TPSA) is 68.0 Å². The van der Waals surface area contributed by atoms with Gasteiger partial charge in [-0.2, -0.15) is 0 Å². The highest BCUT2D eigenvalue weighted by Crippen LogP contribution is 2.12. The van der Waals surface area contributed by atoms with Gasteiger partial charge in [0.15, 0.2) is 0 Å². The second-order valence-electron chi connectivity index (χ2n) is 3.60. The molecule has 4 nitrogen and oxygen atoms in total. The minimum atomic E-state index is -0.0605. The van der Waals surface area contributed by atoms with Gasteiger partial charge in [0.05, 0.1) is 11.4 Å². The molecule has 0 aromatic carbocycles. The van der Waals surface area contributed by atoms with Crippen molar-refractivity contribution in [3.63, 3.8) is 0 Å². The summed E-state index contributed by atoms with van der Waals surface area (Å²) in [4.78, 5) is 15.8. The number of anilines is 1. The second kappa shape index (κ2) is 5.46. The van der Waals surface area contributed by atoms with Crippen molar-refractivity contribution in [3.8, 4) is 0 Å². The Balaban J connectivity index is 2.62. The smallest absolute Gasteiger partial charge is 0.227 e. The fraction of sp³-hybridized carbons (Fsp3) is 0.455. The summed E-state index contributed by atoms with van der Waals surface area (Å²) in [5, 5.41) is 2.84. The van der Waals surface area contributed by atoms with Gasteiger partial charge in [0.2, 0.25) is 5.91 Å². The molecular formula is C11H17N3O. The Morgan fingerprint density at radius 2 is 2.40 bits per heavy atom. The molecule has 82 valence electrons. The highest BCUT2D eigenvalue weighted by molar-refractivity contribution is 5.92. The molecule has 0 bridgehead atoms. The highest BCUT2D eigenvalue weighted by Gasteiger charge is 2.12. The third-order valence-corrected chi connectivity index (χ3v) is 2.31. The van der Waals surface area contributed by atoms with E-state index in [4.69, 9.17) is 5.73 Å². The Kier molecular flexibility index (Phi) is 4.24. The number of nitrogens with two attached hydrogens (primary N) is 1. The summed E-state index contributed by atoms with van der Waals surface area (Å²) in [5.74, 6) is -0.0637. The van der Waals surface area contributed by atoms with E-state index in [0.717, 1.165) is 11.4 Å². The third kappa shape index (κ3) is 3.32. The molecule has 1 aromatic heterocycles. The fourth-order valence-electron chi connectivity index (χ4n) is 1.25. The number of carbonyl (C=O) groups excluding carboxylic acids is 1. The molecule has 0 aliphatic heterocycles. The van der Waals surface area contributed by atoms with E-state index >= 15 is 0 Å². The van der Waals surface area contributed by atoms with Crippen molar-refractivity contribution in [2.45, 2.75) is 20.3 Å². The molecule has 3 N–H and O–H groups in total. The maximum atomic E-state index is 11.7. The van der Waals surface area contributed by atoms with Crippen LogP contribution in [0.4, 0.5) is 5.69 Å². The summed E-state index contributed by atoms with van der Waals surface area (Å²) in [5.41, 5.74) is 6.99. The summed E-state index contributed by atoms with van der Waals surface area (Å²) in [6.07, 6.45) is 2.40. The first-order chi connectivity index (χ1) is 7.15. The van der Waals surface area contributed by atoms with Crippen molar-refractivity contribution in [2.24, 2.45) is 11.7 Å². The Labute approximate surface area is 89.9 Å². The molecule has 1 heterocycles. The van der Waals surface area contributed by atoms with E-state index in [1.807, 2.05) is 19.9 Å². The number of hydrogen-bond acceptors (Lipinski definition) is 3. The number of aryl methyl sites for hydroxylation is 1. The van der Waals surface area contributed by atoms with Crippen LogP contribution in [0.2, 0.25) is 0 Å². The van der Waals surface area contributed by atoms with E-state index in [0.29, 0.717) is 13.0 Å². The molecule has 15 heavy (non-hydrogen) atoms. The van der Waals surface area contributed by atoms with Gasteiger partial charge in [-0.05, 0) is 32.0 Å². The lowest BCUT2D eigenvalue weighted by molar-refractivity contribution is -0.119. The number of rotatable bonds is 4. The van der Waals surface area contributed by atoms with Crippen LogP contribution >= 0.6 is 0 Å². The minimum Gasteiger partial charge on any atom is -0.330 e. The van der Waals surface area contributed by atoms with Crippen LogP contribution in [0.1, 0.15) is 19.0 Å². The van der Waals surface area contributed by atoms with Gasteiger partial charge in [0.25, 0.3) is 0 Å². The number of nitrogens with one attached hydrogen (secondary N) is 1. The zero-order valence-electron chi connectivity index (χ0n) is 9.16. The number of pyridine rings is 1. The Morgan fingerprint density at radius 3 is 3.00 bits per heavy atom. The van der Waals surface area contributed by atoms with Crippen LogP contribution in [0, 0.1) is 12.8 Å². The van der Waals surface area contributed by atoms with Crippen molar-refractivity contribution in [3.05, 3.63) is 24.0 Å². The molecule has 1 rings (SSSR count). The molecule has 0 saturated heterocycles. The first-order valence-corrected chi connectivity index (χ1v) is 5.07. The van der Waals surface area contributed by atoms with Crippen molar-refractivity contribution in [1.82, 2.24) is 4.98 Å². The van der Waals surface area contributed by atoms with Gasteiger partial charge >= 0.3 is 0 Å². The van der Waals surface area contributed by atoms with Crippen molar-refractivity contribution < 1.29 is 4.79 Å². The molecule has 1 amide bonds. The predicted molar refractivity (Wildman–Crippen MR) is 60.4 cm³/mol. The largest absolute Gasteiger partial charge is 0.330 e. The van der Waals surface area contributed by atoms with Gasteiger partial charge in [0.1, 0.15) is 0 Å². The van der Waals surface area contributed by atoms with Crippen molar-refractivity contribution in [2.75, 3.05) is 11.9 Å². The molecule has 4 heteroatoms. The van der Waals surface area contributed by atoms with Gasteiger partial charge in [0, 0.05) is 12.1 Å². The van der Waals surface area contributed by atoms with Gasteiger partial charge in [-0.1, -0.05) is 6.92 Å². The van der Waals surface area contributed by atoms with Crippen LogP contribution in [0.15, 0.2) is 18.3 Å². The highest BCUT2D eigenvalue weighted by atomic mass is 16.1. The lowest BCUT2D eigenvalue weighted by Crippen LogP contribution is -2.23. The average molecular weight is 207 g/mol. The summed E-state index contributed by atoms with van der Waals surface area (Å²) in [7, 11) is 0. The third-order valence-electron chi connectivity index (χ3n) is 2.31. The molecule has 0 saturated carbocycles. The van der Waals surface area contributed by atoms with Gasteiger partial charge in [-0.15, -0.1) is 0 Å². The zero-order chi connectivity index (χ0) is 11.3. The second-order valence-corrected chi connectivity index (χ2v) is 3.60. The van der Waals surface area contributed by atoms with Crippen molar-refractivity contribution >= 4 is 11.6 Å². The van der Waals surface area contributed by atoms with E-state index < -0.39 is 0 Å². The zero-order valence-corrected chi connectivity index (χ0v) is 9.16. The predicted octanol–water partition coefficient (Wildman–Crippen LogP) is 1.31. The number of amides is 1. The van der Waals surface area contributed by atoms with Gasteiger partial charge in [-0.3, -0.25) is 9.78 Å². The van der Waals surface area contributed by atoms with E-state index in [9.17, 15) is 4.79 Å². The van der Waals surface area contributed by atoms with E-state index in [1.54, 1.807) is 12.3 Å². The van der Waals surface area contributed by atoms with E-state index in [2.05, 4.69) is 10.3 Å². The molecule has 1 unspecified atom stereocenters. The Hall–Kier alpha value is -1.42. The van der Waals surface area contributed by atoms with Gasteiger partial charge < -0.3 is 11.1 Å². The first kappa shape index (κ1) is 11.7. The molecular weight excluding hydrogens is 190 g/mol. The Morgan fingerprint density at radius 1 is 1.67 bits per heavy atom. The monoisotopic (exact) mass is 207 g/mol. The molecule has 1 atom stereocenters. The number of nitrogens with zero attached hydrogens (tertiary/aromatic N) is 1. The standard InChI is InChI=1S/C11H17N3O/c1-8(5-6-12)11(15)14-10-4-3-7-13-9(10)2/h3-4,7-8H,5-6,12H2,1-2H3,(H,14,15). The van der Waals surface area contributed by atoms with Crippen LogP contribution in [-0.2, 0) is 4.79 Å². The maximum Gasteiger partial charge on any atom is 0.227 e. The van der Waals surface area contributed by atoms with Crippen molar-refractivity contribution in [1.29, 1.82) is 0 Å². The summed E-state index contributed by atoms with van der Waals surface area (Å²) >= 11 is 0. The van der Waals surface area contributed by atoms with Crippen LogP contribution in [0.3, 0.4) is 0 Å². The molecule has 0 aliphatic rings. The summed E-state index contributed by atoms with van der Waals surface area (Å²) in [6.45, 7) is 4.26. The quantitative estimate of drug-likeness (QED) is 0.782. The average Bonchev–Trinajstić information content (AvgIpc) is 2.21. The van der Waals surface area contributed by atoms with E-state index in [-0.39, 0.29) is 11.8 Å². The van der Waals surface area contributed by atoms with Gasteiger partial charge in [-0.25, -0.2) is 0 Å². The fourth-order valence-corrected chi connectivity index (χ4v) is 1.25. The number of aromatic nitrogens is 1. The Bertz CT molecular complexity index is 338. The normalized spacial score (nSPS) is 12.2. The van der Waals surface area contributed by atoms with Crippen LogP contribution in [-0.4, -0.2) is 17.4 Å². The molecule has 0 spiro atoms. The van der Waals surface area contributed by atoms with Crippen LogP contribution < -0.4 is 11.1 Å². The number of hydrogen-bond donors (Lipinski definition) is 2. The lowest BCUT2D eigenvalue weighted by atomic mass is 10.1. The van der Waals surface area contributed by atoms with Crippen LogP contribution in [0.5, 0.6) is 0 Å². The number of carbonyl (C=O) groups is 1.